The summed E-state index contributed by atoms with van der Waals surface area (Å²) in [6, 6.07) is 15.6. The summed E-state index contributed by atoms with van der Waals surface area (Å²) in [5, 5.41) is 0. The molecule has 4 unspecified atom stereocenters. The zero-order valence-corrected chi connectivity index (χ0v) is 34.5. The van der Waals surface area contributed by atoms with E-state index in [1.54, 1.807) is 38.1 Å². The molecule has 1 saturated carbocycles. The number of rotatable bonds is 17. The van der Waals surface area contributed by atoms with Crippen LogP contribution in [0.3, 0.4) is 0 Å². The van der Waals surface area contributed by atoms with Gasteiger partial charge in [-0.2, -0.15) is 22.0 Å². The average Bonchev–Trinajstić information content (AvgIpc) is 3.55. The second-order valence-corrected chi connectivity index (χ2v) is 15.9. The molecule has 4 atom stereocenters. The molecular formula is C45H43F5N2O11. The maximum absolute atomic E-state index is 13.6. The van der Waals surface area contributed by atoms with Crippen LogP contribution in [-0.2, 0) is 33.4 Å². The number of anilines is 1. The van der Waals surface area contributed by atoms with E-state index in [0.29, 0.717) is 11.1 Å². The number of carbonyl (C=O) groups excluding carboxylic acids is 7. The minimum atomic E-state index is -5.63. The molecule has 4 amide bonds. The summed E-state index contributed by atoms with van der Waals surface area (Å²) in [7, 11) is 0. The standard InChI is InChI=1S/C45H43F5N2O11/c1-24(2)28-21-29(23-30(22-28)52-40(56)36-34-35(37(36)41(52)57)39(55)51(25(3)4)38(34)54)42(58)62-20-6-19-61-33(53)16-9-26-7-12-32(13-8-26)63-43(59)27-10-14-31(15-11-27)60-18-5-17-44(46,47)45(48,49)50/h7-16,21-25,34-37H,5-6,17-20H2,1-4H3/b16-9+. The van der Waals surface area contributed by atoms with Crippen molar-refractivity contribution < 1.29 is 74.5 Å². The minimum absolute atomic E-state index is 0.0793. The third-order valence-electron chi connectivity index (χ3n) is 10.9. The van der Waals surface area contributed by atoms with Crippen LogP contribution < -0.4 is 14.4 Å². The van der Waals surface area contributed by atoms with Crippen LogP contribution in [0.4, 0.5) is 27.6 Å². The Labute approximate surface area is 358 Å². The number of amides is 4. The number of hydrogen-bond acceptors (Lipinski definition) is 11. The first-order valence-electron chi connectivity index (χ1n) is 20.1. The highest BCUT2D eigenvalue weighted by atomic mass is 19.4. The van der Waals surface area contributed by atoms with E-state index < -0.39 is 103 Å². The van der Waals surface area contributed by atoms with Gasteiger partial charge in [-0.25, -0.2) is 19.3 Å². The fourth-order valence-electron chi connectivity index (χ4n) is 7.61. The maximum atomic E-state index is 13.6. The molecule has 3 fully saturated rings. The van der Waals surface area contributed by atoms with Crippen molar-refractivity contribution in [2.75, 3.05) is 24.7 Å². The lowest BCUT2D eigenvalue weighted by Gasteiger charge is -2.36. The van der Waals surface area contributed by atoms with Gasteiger partial charge >= 0.3 is 30.0 Å². The smallest absolute Gasteiger partial charge is 0.453 e. The number of ether oxygens (including phenoxy) is 4. The molecule has 13 nitrogen and oxygen atoms in total. The zero-order chi connectivity index (χ0) is 46.0. The van der Waals surface area contributed by atoms with Gasteiger partial charge in [0.15, 0.2) is 0 Å². The molecule has 6 rings (SSSR count). The summed E-state index contributed by atoms with van der Waals surface area (Å²) < 4.78 is 84.0. The van der Waals surface area contributed by atoms with Gasteiger partial charge in [-0.15, -0.1) is 0 Å². The number of imide groups is 2. The van der Waals surface area contributed by atoms with Gasteiger partial charge < -0.3 is 18.9 Å². The van der Waals surface area contributed by atoms with Crippen molar-refractivity contribution in [1.82, 2.24) is 4.90 Å². The Hall–Kier alpha value is -6.46. The minimum Gasteiger partial charge on any atom is -0.494 e. The Morgan fingerprint density at radius 2 is 1.24 bits per heavy atom. The first-order chi connectivity index (χ1) is 29.7. The summed E-state index contributed by atoms with van der Waals surface area (Å²) >= 11 is 0. The number of nitrogens with zero attached hydrogens (tertiary/aromatic N) is 2. The molecule has 0 bridgehead atoms. The Morgan fingerprint density at radius 3 is 1.81 bits per heavy atom. The topological polar surface area (TPSA) is 163 Å². The lowest BCUT2D eigenvalue weighted by Crippen LogP contribution is -2.50. The lowest BCUT2D eigenvalue weighted by atomic mass is 9.59. The van der Waals surface area contributed by atoms with Gasteiger partial charge in [0.25, 0.3) is 0 Å². The first-order valence-corrected chi connectivity index (χ1v) is 20.1. The number of benzene rings is 3. The number of alkyl halides is 5. The van der Waals surface area contributed by atoms with Crippen LogP contribution in [0.15, 0.2) is 72.8 Å². The maximum Gasteiger partial charge on any atom is 0.453 e. The van der Waals surface area contributed by atoms with Crippen molar-refractivity contribution in [2.24, 2.45) is 23.7 Å². The van der Waals surface area contributed by atoms with Gasteiger partial charge in [-0.05, 0) is 98.0 Å². The second-order valence-electron chi connectivity index (χ2n) is 15.9. The Morgan fingerprint density at radius 1 is 0.667 bits per heavy atom. The molecule has 3 aliphatic rings. The SMILES string of the molecule is CC(C)c1cc(C(=O)OCCCOC(=O)/C=C/c2ccc(OC(=O)c3ccc(OCCCC(F)(F)C(F)(F)F)cc3)cc2)cc(N2C(=O)C3C(C2=O)C2C(=O)N(C(C)C)C(=O)C32)c1. The largest absolute Gasteiger partial charge is 0.494 e. The van der Waals surface area contributed by atoms with Crippen LogP contribution in [0.2, 0.25) is 0 Å². The van der Waals surface area contributed by atoms with Crippen LogP contribution in [-0.4, -0.2) is 84.4 Å². The Kier molecular flexibility index (Phi) is 13.5. The van der Waals surface area contributed by atoms with E-state index in [1.165, 1.54) is 54.6 Å². The Bertz CT molecular complexity index is 2270. The molecule has 0 radical (unpaired) electrons. The summed E-state index contributed by atoms with van der Waals surface area (Å²) in [6.07, 6.45) is -4.82. The molecule has 0 aromatic heterocycles. The molecule has 0 N–H and O–H groups in total. The molecule has 18 heteroatoms. The van der Waals surface area contributed by atoms with Gasteiger partial charge in [0.05, 0.1) is 60.3 Å². The number of fused-ring (bicyclic) bond motifs is 4. The van der Waals surface area contributed by atoms with Crippen molar-refractivity contribution in [1.29, 1.82) is 0 Å². The lowest BCUT2D eigenvalue weighted by molar-refractivity contribution is -0.284. The molecule has 3 aromatic rings. The predicted molar refractivity (Wildman–Crippen MR) is 212 cm³/mol. The predicted octanol–water partition coefficient (Wildman–Crippen LogP) is 7.32. The van der Waals surface area contributed by atoms with Gasteiger partial charge in [0.1, 0.15) is 11.5 Å². The highest BCUT2D eigenvalue weighted by Gasteiger charge is 2.73. The molecule has 2 aliphatic heterocycles. The van der Waals surface area contributed by atoms with E-state index in [2.05, 4.69) is 0 Å². The van der Waals surface area contributed by atoms with Gasteiger partial charge in [0.2, 0.25) is 23.6 Å². The quantitative estimate of drug-likeness (QED) is 0.0334. The molecular weight excluding hydrogens is 839 g/mol. The van der Waals surface area contributed by atoms with E-state index in [-0.39, 0.29) is 53.9 Å². The fraction of sp³-hybridized carbons (Fsp3) is 0.400. The summed E-state index contributed by atoms with van der Waals surface area (Å²) in [5.74, 6) is -12.5. The van der Waals surface area contributed by atoms with E-state index >= 15 is 0 Å². The van der Waals surface area contributed by atoms with Gasteiger partial charge in [-0.1, -0.05) is 26.0 Å². The van der Waals surface area contributed by atoms with Crippen LogP contribution in [0.5, 0.6) is 11.5 Å². The van der Waals surface area contributed by atoms with E-state index in [4.69, 9.17) is 18.9 Å². The van der Waals surface area contributed by atoms with Crippen molar-refractivity contribution in [3.05, 3.63) is 95.1 Å². The van der Waals surface area contributed by atoms with E-state index in [0.717, 1.165) is 9.80 Å². The monoisotopic (exact) mass is 882 g/mol. The van der Waals surface area contributed by atoms with Crippen molar-refractivity contribution in [3.8, 4) is 11.5 Å². The van der Waals surface area contributed by atoms with Crippen LogP contribution in [0.1, 0.15) is 84.7 Å². The van der Waals surface area contributed by atoms with E-state index in [1.807, 2.05) is 13.8 Å². The number of carbonyl (C=O) groups is 7. The summed E-state index contributed by atoms with van der Waals surface area (Å²) in [6.45, 7) is 6.52. The molecule has 0 spiro atoms. The van der Waals surface area contributed by atoms with Gasteiger partial charge in [0, 0.05) is 25.0 Å². The normalized spacial score (nSPS) is 19.7. The molecule has 1 aliphatic carbocycles. The molecule has 2 saturated heterocycles. The molecule has 3 aromatic carbocycles. The van der Waals surface area contributed by atoms with Crippen LogP contribution in [0.25, 0.3) is 6.08 Å². The number of halogens is 5. The average molecular weight is 883 g/mol. The first kappa shape index (κ1) is 46.1. The van der Waals surface area contributed by atoms with Gasteiger partial charge in [-0.3, -0.25) is 24.1 Å². The second kappa shape index (κ2) is 18.5. The fourth-order valence-corrected chi connectivity index (χ4v) is 7.61. The Balaban J connectivity index is 0.929. The van der Waals surface area contributed by atoms with Crippen molar-refractivity contribution in [2.45, 2.75) is 71.0 Å². The third-order valence-corrected chi connectivity index (χ3v) is 10.9. The highest BCUT2D eigenvalue weighted by Crippen LogP contribution is 2.57. The van der Waals surface area contributed by atoms with Crippen LogP contribution in [0, 0.1) is 23.7 Å². The van der Waals surface area contributed by atoms with E-state index in [9.17, 15) is 55.5 Å². The molecule has 2 heterocycles. The zero-order valence-electron chi connectivity index (χ0n) is 34.5. The number of esters is 3. The highest BCUT2D eigenvalue weighted by molar-refractivity contribution is 6.27. The molecule has 334 valence electrons. The number of likely N-dealkylation sites (tertiary alicyclic amines) is 1. The number of hydrogen-bond donors (Lipinski definition) is 0. The van der Waals surface area contributed by atoms with Crippen molar-refractivity contribution in [3.63, 3.8) is 0 Å². The summed E-state index contributed by atoms with van der Waals surface area (Å²) in [4.78, 5) is 93.4. The van der Waals surface area contributed by atoms with Crippen molar-refractivity contribution >= 4 is 53.3 Å². The van der Waals surface area contributed by atoms with Crippen LogP contribution >= 0.6 is 0 Å². The third kappa shape index (κ3) is 9.79. The molecule has 63 heavy (non-hydrogen) atoms. The summed E-state index contributed by atoms with van der Waals surface area (Å²) in [5.41, 5.74) is 1.55.